The van der Waals surface area contributed by atoms with E-state index in [2.05, 4.69) is 27.6 Å². The molecule has 1 amide bonds. The molecule has 1 aromatic carbocycles. The molecule has 0 radical (unpaired) electrons. The number of hydrogen-bond acceptors (Lipinski definition) is 3. The summed E-state index contributed by atoms with van der Waals surface area (Å²) in [6, 6.07) is 7.27. The molecule has 0 aliphatic heterocycles. The molecule has 0 fully saturated rings. The van der Waals surface area contributed by atoms with E-state index in [-0.39, 0.29) is 18.3 Å². The van der Waals surface area contributed by atoms with Gasteiger partial charge in [0.15, 0.2) is 0 Å². The Morgan fingerprint density at radius 2 is 1.81 bits per heavy atom. The summed E-state index contributed by atoms with van der Waals surface area (Å²) in [5.74, 6) is -0.332. The summed E-state index contributed by atoms with van der Waals surface area (Å²) in [7, 11) is 1.36. The van der Waals surface area contributed by atoms with Crippen molar-refractivity contribution in [2.45, 2.75) is 32.6 Å². The molecule has 4 nitrogen and oxygen atoms in total. The number of halogens is 1. The zero-order valence-corrected chi connectivity index (χ0v) is 14.2. The Morgan fingerprint density at radius 3 is 2.38 bits per heavy atom. The van der Waals surface area contributed by atoms with Crippen molar-refractivity contribution in [2.75, 3.05) is 20.2 Å². The van der Waals surface area contributed by atoms with Gasteiger partial charge in [0.2, 0.25) is 0 Å². The molecule has 116 valence electrons. The van der Waals surface area contributed by atoms with Crippen LogP contribution in [0.5, 0.6) is 0 Å². The molecule has 1 rings (SSSR count). The minimum atomic E-state index is -0.293. The van der Waals surface area contributed by atoms with Crippen LogP contribution >= 0.6 is 15.9 Å². The van der Waals surface area contributed by atoms with Crippen LogP contribution in [-0.4, -0.2) is 37.0 Å². The van der Waals surface area contributed by atoms with Crippen LogP contribution < -0.4 is 0 Å². The van der Waals surface area contributed by atoms with Gasteiger partial charge < -0.3 is 9.64 Å². The second-order valence-electron chi connectivity index (χ2n) is 4.83. The van der Waals surface area contributed by atoms with E-state index in [1.54, 1.807) is 17.0 Å². The Kier molecular flexibility index (Phi) is 8.05. The van der Waals surface area contributed by atoms with E-state index in [4.69, 9.17) is 0 Å². The third-order valence-corrected chi connectivity index (χ3v) is 3.75. The first-order chi connectivity index (χ1) is 10.1. The van der Waals surface area contributed by atoms with E-state index in [0.717, 1.165) is 23.7 Å². The quantitative estimate of drug-likeness (QED) is 0.528. The number of benzene rings is 1. The summed E-state index contributed by atoms with van der Waals surface area (Å²) in [5.41, 5.74) is 0.638. The van der Waals surface area contributed by atoms with E-state index in [1.807, 2.05) is 12.1 Å². The number of ether oxygens (including phenoxy) is 1. The summed E-state index contributed by atoms with van der Waals surface area (Å²) in [4.78, 5) is 25.5. The lowest BCUT2D eigenvalue weighted by Gasteiger charge is -2.22. The first-order valence-electron chi connectivity index (χ1n) is 7.20. The van der Waals surface area contributed by atoms with E-state index in [1.165, 1.54) is 7.11 Å². The van der Waals surface area contributed by atoms with Gasteiger partial charge in [0.25, 0.3) is 5.91 Å². The highest BCUT2D eigenvalue weighted by Crippen LogP contribution is 2.13. The van der Waals surface area contributed by atoms with Crippen molar-refractivity contribution in [2.24, 2.45) is 0 Å². The Labute approximate surface area is 134 Å². The molecule has 0 saturated carbocycles. The zero-order chi connectivity index (χ0) is 15.7. The van der Waals surface area contributed by atoms with Crippen molar-refractivity contribution < 1.29 is 14.3 Å². The molecule has 0 bridgehead atoms. The third-order valence-electron chi connectivity index (χ3n) is 3.22. The smallest absolute Gasteiger partial charge is 0.307 e. The molecule has 0 aliphatic rings. The van der Waals surface area contributed by atoms with Crippen LogP contribution in [0.25, 0.3) is 0 Å². The molecule has 0 aliphatic carbocycles. The van der Waals surface area contributed by atoms with Gasteiger partial charge in [-0.05, 0) is 30.7 Å². The summed E-state index contributed by atoms with van der Waals surface area (Å²) in [6.07, 6.45) is 3.34. The zero-order valence-electron chi connectivity index (χ0n) is 12.6. The van der Waals surface area contributed by atoms with Crippen LogP contribution in [0, 0.1) is 0 Å². The van der Waals surface area contributed by atoms with Gasteiger partial charge >= 0.3 is 5.97 Å². The summed E-state index contributed by atoms with van der Waals surface area (Å²) < 4.78 is 5.58. The lowest BCUT2D eigenvalue weighted by Crippen LogP contribution is -2.34. The maximum Gasteiger partial charge on any atom is 0.307 e. The molecule has 0 saturated heterocycles. The molecular formula is C16H22BrNO3. The molecule has 21 heavy (non-hydrogen) atoms. The van der Waals surface area contributed by atoms with E-state index in [0.29, 0.717) is 18.7 Å². The number of rotatable bonds is 8. The second kappa shape index (κ2) is 9.55. The van der Waals surface area contributed by atoms with E-state index < -0.39 is 0 Å². The minimum Gasteiger partial charge on any atom is -0.469 e. The number of methoxy groups -OCH3 is 1. The highest BCUT2D eigenvalue weighted by atomic mass is 79.9. The summed E-state index contributed by atoms with van der Waals surface area (Å²) in [5, 5.41) is 0. The molecular weight excluding hydrogens is 334 g/mol. The Bertz CT molecular complexity index is 459. The average Bonchev–Trinajstić information content (AvgIpc) is 2.50. The van der Waals surface area contributed by atoms with Gasteiger partial charge in [0, 0.05) is 23.1 Å². The largest absolute Gasteiger partial charge is 0.469 e. The molecule has 0 heterocycles. The van der Waals surface area contributed by atoms with Crippen molar-refractivity contribution in [3.8, 4) is 0 Å². The van der Waals surface area contributed by atoms with Gasteiger partial charge in [0.1, 0.15) is 0 Å². The number of carbonyl (C=O) groups is 2. The van der Waals surface area contributed by atoms with Crippen molar-refractivity contribution in [1.29, 1.82) is 0 Å². The summed E-state index contributed by atoms with van der Waals surface area (Å²) in [6.45, 7) is 3.18. The fraction of sp³-hybridized carbons (Fsp3) is 0.500. The van der Waals surface area contributed by atoms with Gasteiger partial charge in [-0.25, -0.2) is 0 Å². The SMILES string of the molecule is CCCCCN(CCC(=O)OC)C(=O)c1ccc(Br)cc1. The predicted octanol–water partition coefficient (Wildman–Crippen LogP) is 3.64. The fourth-order valence-electron chi connectivity index (χ4n) is 1.97. The van der Waals surface area contributed by atoms with Gasteiger partial charge in [-0.15, -0.1) is 0 Å². The molecule has 1 aromatic rings. The Morgan fingerprint density at radius 1 is 1.14 bits per heavy atom. The Balaban J connectivity index is 2.70. The van der Waals surface area contributed by atoms with E-state index in [9.17, 15) is 9.59 Å². The molecule has 0 unspecified atom stereocenters. The first-order valence-corrected chi connectivity index (χ1v) is 7.99. The Hall–Kier alpha value is -1.36. The lowest BCUT2D eigenvalue weighted by molar-refractivity contribution is -0.140. The fourth-order valence-corrected chi connectivity index (χ4v) is 2.24. The van der Waals surface area contributed by atoms with Crippen molar-refractivity contribution in [1.82, 2.24) is 4.90 Å². The maximum absolute atomic E-state index is 12.5. The predicted molar refractivity (Wildman–Crippen MR) is 86.2 cm³/mol. The van der Waals surface area contributed by atoms with Crippen LogP contribution in [0.3, 0.4) is 0 Å². The molecule has 0 spiro atoms. The third kappa shape index (κ3) is 6.29. The van der Waals surface area contributed by atoms with Gasteiger partial charge in [0.05, 0.1) is 13.5 Å². The number of carbonyl (C=O) groups excluding carboxylic acids is 2. The van der Waals surface area contributed by atoms with Gasteiger partial charge in [-0.2, -0.15) is 0 Å². The van der Waals surface area contributed by atoms with Crippen molar-refractivity contribution >= 4 is 27.8 Å². The number of amides is 1. The molecule has 0 atom stereocenters. The number of esters is 1. The van der Waals surface area contributed by atoms with Crippen LogP contribution in [0.2, 0.25) is 0 Å². The number of unbranched alkanes of at least 4 members (excludes halogenated alkanes) is 2. The van der Waals surface area contributed by atoms with Crippen LogP contribution in [-0.2, 0) is 9.53 Å². The second-order valence-corrected chi connectivity index (χ2v) is 5.75. The average molecular weight is 356 g/mol. The normalized spacial score (nSPS) is 10.2. The van der Waals surface area contributed by atoms with Crippen LogP contribution in [0.1, 0.15) is 43.0 Å². The van der Waals surface area contributed by atoms with E-state index >= 15 is 0 Å². The summed E-state index contributed by atoms with van der Waals surface area (Å²) >= 11 is 3.36. The lowest BCUT2D eigenvalue weighted by atomic mass is 10.1. The highest BCUT2D eigenvalue weighted by Gasteiger charge is 2.16. The maximum atomic E-state index is 12.5. The highest BCUT2D eigenvalue weighted by molar-refractivity contribution is 9.10. The van der Waals surface area contributed by atoms with Gasteiger partial charge in [-0.1, -0.05) is 35.7 Å². The number of nitrogens with zero attached hydrogens (tertiary/aromatic N) is 1. The van der Waals surface area contributed by atoms with Crippen molar-refractivity contribution in [3.63, 3.8) is 0 Å². The molecule has 0 N–H and O–H groups in total. The number of hydrogen-bond donors (Lipinski definition) is 0. The standard InChI is InChI=1S/C16H22BrNO3/c1-3-4-5-11-18(12-10-15(19)21-2)16(20)13-6-8-14(17)9-7-13/h6-9H,3-5,10-12H2,1-2H3. The molecule has 5 heteroatoms. The topological polar surface area (TPSA) is 46.6 Å². The monoisotopic (exact) mass is 355 g/mol. The van der Waals surface area contributed by atoms with Crippen molar-refractivity contribution in [3.05, 3.63) is 34.3 Å². The van der Waals surface area contributed by atoms with Gasteiger partial charge in [-0.3, -0.25) is 9.59 Å². The van der Waals surface area contributed by atoms with Crippen LogP contribution in [0.15, 0.2) is 28.7 Å². The first kappa shape index (κ1) is 17.7. The minimum absolute atomic E-state index is 0.0393. The van der Waals surface area contributed by atoms with Crippen LogP contribution in [0.4, 0.5) is 0 Å². The molecule has 0 aromatic heterocycles.